The summed E-state index contributed by atoms with van der Waals surface area (Å²) in [6, 6.07) is 6.40. The van der Waals surface area contributed by atoms with Crippen molar-refractivity contribution in [3.63, 3.8) is 0 Å². The summed E-state index contributed by atoms with van der Waals surface area (Å²) in [5.74, 6) is 0. The maximum absolute atomic E-state index is 10.6. The fraction of sp³-hybridized carbons (Fsp3) is 0.647. The van der Waals surface area contributed by atoms with E-state index in [1.807, 2.05) is 0 Å². The fourth-order valence-corrected chi connectivity index (χ4v) is 3.59. The van der Waals surface area contributed by atoms with Gasteiger partial charge < -0.3 is 15.3 Å². The van der Waals surface area contributed by atoms with Crippen LogP contribution in [0.4, 0.5) is 5.69 Å². The van der Waals surface area contributed by atoms with Crippen molar-refractivity contribution in [2.45, 2.75) is 51.2 Å². The van der Waals surface area contributed by atoms with E-state index in [0.29, 0.717) is 0 Å². The Bertz CT molecular complexity index is 458. The third-order valence-corrected chi connectivity index (χ3v) is 4.75. The minimum absolute atomic E-state index is 0.504. The Kier molecular flexibility index (Phi) is 6.08. The molecule has 2 N–H and O–H groups in total. The molecule has 0 spiro atoms. The predicted octanol–water partition coefficient (Wildman–Crippen LogP) is 3.69. The molecule has 118 valence electrons. The van der Waals surface area contributed by atoms with Gasteiger partial charge in [0.1, 0.15) is 0 Å². The summed E-state index contributed by atoms with van der Waals surface area (Å²) < 4.78 is 1.10. The van der Waals surface area contributed by atoms with Crippen LogP contribution < -0.4 is 10.2 Å². The molecule has 1 aliphatic carbocycles. The van der Waals surface area contributed by atoms with Gasteiger partial charge in [0, 0.05) is 30.3 Å². The highest BCUT2D eigenvalue weighted by atomic mass is 79.9. The molecule has 1 aliphatic rings. The maximum atomic E-state index is 10.6. The molecular weight excluding hydrogens is 328 g/mol. The standard InChI is InChI=1S/C17H27BrN2O/c1-3-10-19-12-14-11-15(18)6-7-16(14)20(2)13-17(21)8-4-5-9-17/h6-7,11,19,21H,3-5,8-10,12-13H2,1-2H3. The number of benzene rings is 1. The zero-order valence-electron chi connectivity index (χ0n) is 13.2. The van der Waals surface area contributed by atoms with Crippen molar-refractivity contribution in [1.29, 1.82) is 0 Å². The van der Waals surface area contributed by atoms with Gasteiger partial charge in [0.05, 0.1) is 5.60 Å². The van der Waals surface area contributed by atoms with Crippen molar-refractivity contribution in [3.8, 4) is 0 Å². The number of aliphatic hydroxyl groups is 1. The van der Waals surface area contributed by atoms with E-state index < -0.39 is 5.60 Å². The number of likely N-dealkylation sites (N-methyl/N-ethyl adjacent to an activating group) is 1. The van der Waals surface area contributed by atoms with Gasteiger partial charge in [-0.25, -0.2) is 0 Å². The minimum Gasteiger partial charge on any atom is -0.388 e. The van der Waals surface area contributed by atoms with Crippen LogP contribution in [0.15, 0.2) is 22.7 Å². The minimum atomic E-state index is -0.504. The van der Waals surface area contributed by atoms with Crippen LogP contribution in [0.25, 0.3) is 0 Å². The number of hydrogen-bond acceptors (Lipinski definition) is 3. The molecule has 0 bridgehead atoms. The van der Waals surface area contributed by atoms with Crippen LogP contribution >= 0.6 is 15.9 Å². The molecule has 1 aromatic carbocycles. The summed E-state index contributed by atoms with van der Waals surface area (Å²) in [5, 5.41) is 14.1. The highest BCUT2D eigenvalue weighted by molar-refractivity contribution is 9.10. The molecule has 1 fully saturated rings. The zero-order chi connectivity index (χ0) is 15.3. The second-order valence-electron chi connectivity index (χ2n) is 6.24. The van der Waals surface area contributed by atoms with Gasteiger partial charge in [0.15, 0.2) is 0 Å². The SMILES string of the molecule is CCCNCc1cc(Br)ccc1N(C)CC1(O)CCCC1. The lowest BCUT2D eigenvalue weighted by molar-refractivity contribution is 0.0559. The van der Waals surface area contributed by atoms with Crippen LogP contribution in [-0.4, -0.2) is 30.8 Å². The van der Waals surface area contributed by atoms with Gasteiger partial charge in [0.2, 0.25) is 0 Å². The molecular formula is C17H27BrN2O. The van der Waals surface area contributed by atoms with E-state index in [9.17, 15) is 5.11 Å². The van der Waals surface area contributed by atoms with E-state index >= 15 is 0 Å². The van der Waals surface area contributed by atoms with Gasteiger partial charge in [-0.2, -0.15) is 0 Å². The van der Waals surface area contributed by atoms with Crippen molar-refractivity contribution >= 4 is 21.6 Å². The number of rotatable bonds is 7. The first kappa shape index (κ1) is 16.8. The van der Waals surface area contributed by atoms with Gasteiger partial charge in [-0.1, -0.05) is 35.7 Å². The summed E-state index contributed by atoms with van der Waals surface area (Å²) >= 11 is 3.56. The number of anilines is 1. The molecule has 1 aromatic rings. The Hall–Kier alpha value is -0.580. The average molecular weight is 355 g/mol. The number of nitrogens with one attached hydrogen (secondary N) is 1. The fourth-order valence-electron chi connectivity index (χ4n) is 3.19. The first-order valence-corrected chi connectivity index (χ1v) is 8.76. The van der Waals surface area contributed by atoms with Crippen molar-refractivity contribution in [1.82, 2.24) is 5.32 Å². The molecule has 0 atom stereocenters. The lowest BCUT2D eigenvalue weighted by Crippen LogP contribution is -2.39. The van der Waals surface area contributed by atoms with E-state index in [2.05, 4.69) is 58.3 Å². The monoisotopic (exact) mass is 354 g/mol. The maximum Gasteiger partial charge on any atom is 0.0821 e. The van der Waals surface area contributed by atoms with Crippen molar-refractivity contribution in [2.24, 2.45) is 0 Å². The second kappa shape index (κ2) is 7.61. The van der Waals surface area contributed by atoms with Crippen LogP contribution in [0.2, 0.25) is 0 Å². The smallest absolute Gasteiger partial charge is 0.0821 e. The lowest BCUT2D eigenvalue weighted by atomic mass is 10.0. The van der Waals surface area contributed by atoms with E-state index in [-0.39, 0.29) is 0 Å². The molecule has 0 saturated heterocycles. The summed E-state index contributed by atoms with van der Waals surface area (Å²) in [6.45, 7) is 4.79. The molecule has 3 nitrogen and oxygen atoms in total. The van der Waals surface area contributed by atoms with Crippen molar-refractivity contribution in [3.05, 3.63) is 28.2 Å². The van der Waals surface area contributed by atoms with Gasteiger partial charge in [-0.05, 0) is 49.6 Å². The molecule has 1 saturated carbocycles. The Morgan fingerprint density at radius 1 is 1.33 bits per heavy atom. The van der Waals surface area contributed by atoms with Gasteiger partial charge in [0.25, 0.3) is 0 Å². The van der Waals surface area contributed by atoms with Crippen LogP contribution in [0, 0.1) is 0 Å². The Labute approximate surface area is 136 Å². The second-order valence-corrected chi connectivity index (χ2v) is 7.15. The normalized spacial score (nSPS) is 17.1. The molecule has 0 radical (unpaired) electrons. The van der Waals surface area contributed by atoms with Crippen LogP contribution in [0.1, 0.15) is 44.6 Å². The van der Waals surface area contributed by atoms with Crippen LogP contribution in [0.5, 0.6) is 0 Å². The van der Waals surface area contributed by atoms with Gasteiger partial charge in [-0.3, -0.25) is 0 Å². The molecule has 4 heteroatoms. The molecule has 0 heterocycles. The third-order valence-electron chi connectivity index (χ3n) is 4.26. The summed E-state index contributed by atoms with van der Waals surface area (Å²) in [5.41, 5.74) is 1.99. The Morgan fingerprint density at radius 3 is 2.71 bits per heavy atom. The molecule has 0 unspecified atom stereocenters. The highest BCUT2D eigenvalue weighted by Gasteiger charge is 2.32. The zero-order valence-corrected chi connectivity index (χ0v) is 14.7. The number of nitrogens with zero attached hydrogens (tertiary/aromatic N) is 1. The first-order valence-electron chi connectivity index (χ1n) is 7.97. The van der Waals surface area contributed by atoms with E-state index in [4.69, 9.17) is 0 Å². The highest BCUT2D eigenvalue weighted by Crippen LogP contribution is 2.32. The summed E-state index contributed by atoms with van der Waals surface area (Å²) in [6.07, 6.45) is 5.29. The van der Waals surface area contributed by atoms with E-state index in [1.54, 1.807) is 0 Å². The quantitative estimate of drug-likeness (QED) is 0.733. The van der Waals surface area contributed by atoms with Gasteiger partial charge >= 0.3 is 0 Å². The van der Waals surface area contributed by atoms with Crippen molar-refractivity contribution in [2.75, 3.05) is 25.0 Å². The summed E-state index contributed by atoms with van der Waals surface area (Å²) in [7, 11) is 2.09. The molecule has 0 aromatic heterocycles. The van der Waals surface area contributed by atoms with Gasteiger partial charge in [-0.15, -0.1) is 0 Å². The first-order chi connectivity index (χ1) is 10.0. The number of hydrogen-bond donors (Lipinski definition) is 2. The molecule has 2 rings (SSSR count). The Balaban J connectivity index is 2.09. The molecule has 21 heavy (non-hydrogen) atoms. The van der Waals surface area contributed by atoms with Crippen molar-refractivity contribution < 1.29 is 5.11 Å². The lowest BCUT2D eigenvalue weighted by Gasteiger charge is -2.31. The number of halogens is 1. The molecule has 0 amide bonds. The predicted molar refractivity (Wildman–Crippen MR) is 92.8 cm³/mol. The average Bonchev–Trinajstić information content (AvgIpc) is 2.85. The van der Waals surface area contributed by atoms with Crippen LogP contribution in [0.3, 0.4) is 0 Å². The largest absolute Gasteiger partial charge is 0.388 e. The van der Waals surface area contributed by atoms with E-state index in [1.165, 1.54) is 11.3 Å². The third kappa shape index (κ3) is 4.70. The molecule has 0 aliphatic heterocycles. The summed E-state index contributed by atoms with van der Waals surface area (Å²) in [4.78, 5) is 2.21. The van der Waals surface area contributed by atoms with Crippen LogP contribution in [-0.2, 0) is 6.54 Å². The topological polar surface area (TPSA) is 35.5 Å². The Morgan fingerprint density at radius 2 is 2.05 bits per heavy atom. The van der Waals surface area contributed by atoms with E-state index in [0.717, 1.165) is 56.2 Å².